The summed E-state index contributed by atoms with van der Waals surface area (Å²) >= 11 is 1.72. The van der Waals surface area contributed by atoms with Crippen molar-refractivity contribution in [3.8, 4) is 0 Å². The molecule has 0 fully saturated rings. The van der Waals surface area contributed by atoms with Crippen LogP contribution in [-0.4, -0.2) is 0 Å². The summed E-state index contributed by atoms with van der Waals surface area (Å²) in [6.45, 7) is 3.86. The molecule has 0 atom stereocenters. The number of hydrogen-bond donors (Lipinski definition) is 0. The zero-order valence-electron chi connectivity index (χ0n) is 10.7. The molecule has 1 heteroatoms. The lowest BCUT2D eigenvalue weighted by Gasteiger charge is -2.00. The average molecular weight is 264 g/mol. The highest BCUT2D eigenvalue weighted by atomic mass is 32.2. The van der Waals surface area contributed by atoms with Crippen molar-refractivity contribution in [2.45, 2.75) is 4.90 Å². The highest BCUT2D eigenvalue weighted by Crippen LogP contribution is 2.26. The second kappa shape index (κ2) is 7.45. The monoisotopic (exact) mass is 264 g/mol. The van der Waals surface area contributed by atoms with Crippen LogP contribution < -0.4 is 0 Å². The third-order valence-electron chi connectivity index (χ3n) is 2.53. The standard InChI is InChI=1S/C18H16S/c1-2-17(19-18-13-7-4-8-14-18)15-9-12-16-10-5-3-6-11-16/h2-15H,1H2/b12-9+,17-15-. The molecule has 0 spiro atoms. The molecule has 0 unspecified atom stereocenters. The van der Waals surface area contributed by atoms with Gasteiger partial charge < -0.3 is 0 Å². The van der Waals surface area contributed by atoms with Gasteiger partial charge in [0.1, 0.15) is 0 Å². The van der Waals surface area contributed by atoms with Crippen LogP contribution in [0.15, 0.2) is 95.3 Å². The van der Waals surface area contributed by atoms with Crippen molar-refractivity contribution >= 4 is 17.8 Å². The van der Waals surface area contributed by atoms with Gasteiger partial charge in [-0.05, 0) is 23.8 Å². The van der Waals surface area contributed by atoms with Crippen LogP contribution in [0.2, 0.25) is 0 Å². The Morgan fingerprint density at radius 1 is 0.895 bits per heavy atom. The maximum Gasteiger partial charge on any atom is 0.0122 e. The van der Waals surface area contributed by atoms with Gasteiger partial charge in [-0.1, -0.05) is 85.1 Å². The molecule has 0 bridgehead atoms. The maximum atomic E-state index is 3.86. The van der Waals surface area contributed by atoms with E-state index in [0.29, 0.717) is 0 Å². The van der Waals surface area contributed by atoms with Crippen LogP contribution in [0.4, 0.5) is 0 Å². The number of rotatable bonds is 5. The lowest BCUT2D eigenvalue weighted by Crippen LogP contribution is -1.72. The molecule has 19 heavy (non-hydrogen) atoms. The third kappa shape index (κ3) is 4.65. The minimum Gasteiger partial charge on any atom is -0.0979 e. The average Bonchev–Trinajstić information content (AvgIpc) is 2.48. The van der Waals surface area contributed by atoms with Gasteiger partial charge in [0.05, 0.1) is 0 Å². The maximum absolute atomic E-state index is 3.86. The summed E-state index contributed by atoms with van der Waals surface area (Å²) in [5.74, 6) is 0. The van der Waals surface area contributed by atoms with E-state index < -0.39 is 0 Å². The molecule has 94 valence electrons. The topological polar surface area (TPSA) is 0 Å². The lowest BCUT2D eigenvalue weighted by molar-refractivity contribution is 1.47. The van der Waals surface area contributed by atoms with Crippen molar-refractivity contribution in [3.05, 3.63) is 95.9 Å². The first-order chi connectivity index (χ1) is 9.38. The molecule has 2 rings (SSSR count). The fraction of sp³-hybridized carbons (Fsp3) is 0. The molecule has 0 radical (unpaired) electrons. The molecule has 0 aliphatic carbocycles. The second-order valence-corrected chi connectivity index (χ2v) is 5.11. The minimum absolute atomic E-state index is 1.14. The van der Waals surface area contributed by atoms with E-state index in [-0.39, 0.29) is 0 Å². The van der Waals surface area contributed by atoms with Crippen LogP contribution in [0, 0.1) is 0 Å². The molecular weight excluding hydrogens is 248 g/mol. The van der Waals surface area contributed by atoms with Crippen molar-refractivity contribution in [2.75, 3.05) is 0 Å². The van der Waals surface area contributed by atoms with Crippen molar-refractivity contribution in [1.82, 2.24) is 0 Å². The van der Waals surface area contributed by atoms with Crippen LogP contribution in [0.1, 0.15) is 5.56 Å². The largest absolute Gasteiger partial charge is 0.0979 e. The van der Waals surface area contributed by atoms with E-state index >= 15 is 0 Å². The van der Waals surface area contributed by atoms with Gasteiger partial charge in [-0.3, -0.25) is 0 Å². The van der Waals surface area contributed by atoms with Gasteiger partial charge in [0.15, 0.2) is 0 Å². The zero-order chi connectivity index (χ0) is 13.3. The summed E-state index contributed by atoms with van der Waals surface area (Å²) < 4.78 is 0. The van der Waals surface area contributed by atoms with Crippen LogP contribution >= 0.6 is 11.8 Å². The van der Waals surface area contributed by atoms with Gasteiger partial charge in [0.2, 0.25) is 0 Å². The molecular formula is C18H16S. The predicted octanol–water partition coefficient (Wildman–Crippen LogP) is 5.56. The molecule has 0 aliphatic rings. The van der Waals surface area contributed by atoms with Gasteiger partial charge in [-0.2, -0.15) is 0 Å². The Labute approximate surface area is 119 Å². The Hall–Kier alpha value is -1.99. The Morgan fingerprint density at radius 3 is 2.16 bits per heavy atom. The third-order valence-corrected chi connectivity index (χ3v) is 3.58. The Morgan fingerprint density at radius 2 is 1.53 bits per heavy atom. The summed E-state index contributed by atoms with van der Waals surface area (Å²) in [7, 11) is 0. The lowest BCUT2D eigenvalue weighted by atomic mass is 10.2. The normalized spacial score (nSPS) is 11.7. The first-order valence-electron chi connectivity index (χ1n) is 6.17. The molecule has 0 saturated heterocycles. The summed E-state index contributed by atoms with van der Waals surface area (Å²) in [4.78, 5) is 2.36. The van der Waals surface area contributed by atoms with Crippen molar-refractivity contribution < 1.29 is 0 Å². The molecule has 0 N–H and O–H groups in total. The predicted molar refractivity (Wildman–Crippen MR) is 86.1 cm³/mol. The molecule has 0 aliphatic heterocycles. The second-order valence-electron chi connectivity index (χ2n) is 3.96. The summed E-state index contributed by atoms with van der Waals surface area (Å²) in [6.07, 6.45) is 8.11. The van der Waals surface area contributed by atoms with Crippen LogP contribution in [0.3, 0.4) is 0 Å². The minimum atomic E-state index is 1.14. The highest BCUT2D eigenvalue weighted by Gasteiger charge is 1.94. The van der Waals surface area contributed by atoms with E-state index in [1.807, 2.05) is 42.5 Å². The van der Waals surface area contributed by atoms with E-state index in [1.54, 1.807) is 11.8 Å². The Balaban J connectivity index is 2.04. The zero-order valence-corrected chi connectivity index (χ0v) is 11.5. The molecule has 0 heterocycles. The van der Waals surface area contributed by atoms with Crippen LogP contribution in [-0.2, 0) is 0 Å². The molecule has 2 aromatic rings. The SMILES string of the molecule is C=C/C(=C/C=C/c1ccccc1)Sc1ccccc1. The van der Waals surface area contributed by atoms with Gasteiger partial charge >= 0.3 is 0 Å². The molecule has 0 aromatic heterocycles. The Bertz CT molecular complexity index is 565. The smallest absolute Gasteiger partial charge is 0.0122 e. The summed E-state index contributed by atoms with van der Waals surface area (Å²) in [5.41, 5.74) is 1.20. The highest BCUT2D eigenvalue weighted by molar-refractivity contribution is 8.03. The van der Waals surface area contributed by atoms with Gasteiger partial charge in [-0.15, -0.1) is 0 Å². The van der Waals surface area contributed by atoms with Crippen LogP contribution in [0.25, 0.3) is 6.08 Å². The quantitative estimate of drug-likeness (QED) is 0.503. The Kier molecular flexibility index (Phi) is 5.27. The molecule has 0 nitrogen and oxygen atoms in total. The fourth-order valence-electron chi connectivity index (χ4n) is 1.59. The van der Waals surface area contributed by atoms with Gasteiger partial charge in [0.25, 0.3) is 0 Å². The summed E-state index contributed by atoms with van der Waals surface area (Å²) in [5, 5.41) is 0. The van der Waals surface area contributed by atoms with E-state index in [1.165, 1.54) is 10.5 Å². The van der Waals surface area contributed by atoms with E-state index in [9.17, 15) is 0 Å². The first kappa shape index (κ1) is 13.4. The van der Waals surface area contributed by atoms with Gasteiger partial charge in [0, 0.05) is 9.80 Å². The van der Waals surface area contributed by atoms with Crippen molar-refractivity contribution in [2.24, 2.45) is 0 Å². The number of thioether (sulfide) groups is 1. The molecule has 2 aromatic carbocycles. The molecule has 0 saturated carbocycles. The van der Waals surface area contributed by atoms with E-state index in [4.69, 9.17) is 0 Å². The number of allylic oxidation sites excluding steroid dienone is 3. The molecule has 0 amide bonds. The number of hydrogen-bond acceptors (Lipinski definition) is 1. The van der Waals surface area contributed by atoms with Crippen LogP contribution in [0.5, 0.6) is 0 Å². The number of benzene rings is 2. The van der Waals surface area contributed by atoms with Crippen molar-refractivity contribution in [1.29, 1.82) is 0 Å². The van der Waals surface area contributed by atoms with Gasteiger partial charge in [-0.25, -0.2) is 0 Å². The first-order valence-corrected chi connectivity index (χ1v) is 6.99. The summed E-state index contributed by atoms with van der Waals surface area (Å²) in [6, 6.07) is 20.6. The van der Waals surface area contributed by atoms with Crippen molar-refractivity contribution in [3.63, 3.8) is 0 Å². The van der Waals surface area contributed by atoms with E-state index in [2.05, 4.69) is 49.1 Å². The fourth-order valence-corrected chi connectivity index (χ4v) is 2.38. The van der Waals surface area contributed by atoms with E-state index in [0.717, 1.165) is 4.91 Å².